The quantitative estimate of drug-likeness (QED) is 0.443. The molecule has 0 aromatic carbocycles. The van der Waals surface area contributed by atoms with Crippen LogP contribution in [0.4, 0.5) is 0 Å². The Kier molecular flexibility index (Phi) is 10.6. The van der Waals surface area contributed by atoms with Gasteiger partial charge >= 0.3 is 8.97 Å². The lowest BCUT2D eigenvalue weighted by atomic mass is 10.5. The van der Waals surface area contributed by atoms with Crippen molar-refractivity contribution in [1.82, 2.24) is 11.1 Å². The Morgan fingerprint density at radius 1 is 1.15 bits per heavy atom. The van der Waals surface area contributed by atoms with Gasteiger partial charge in [0, 0.05) is 31.6 Å². The maximum absolute atomic E-state index is 5.18. The van der Waals surface area contributed by atoms with Gasteiger partial charge in [0.2, 0.25) is 0 Å². The fourth-order valence-corrected chi connectivity index (χ4v) is 2.65. The Hall–Kier alpha value is 0.234. The average Bonchev–Trinajstić information content (AvgIpc) is 2.14. The predicted octanol–water partition coefficient (Wildman–Crippen LogP) is -0.713. The summed E-state index contributed by atoms with van der Waals surface area (Å²) in [6.45, 7) is 0.908. The SMILES string of the molecule is CO[Si](NCCC[SiH3])(OC)OC.N. The molecule has 0 heterocycles. The first kappa shape index (κ1) is 15.7. The Balaban J connectivity index is 0. The first-order valence-electron chi connectivity index (χ1n) is 4.15. The van der Waals surface area contributed by atoms with Gasteiger partial charge in [0.15, 0.2) is 0 Å². The summed E-state index contributed by atoms with van der Waals surface area (Å²) in [7, 11) is 3.57. The summed E-state index contributed by atoms with van der Waals surface area (Å²) >= 11 is 0. The molecule has 0 saturated heterocycles. The first-order valence-corrected chi connectivity index (χ1v) is 7.29. The molecule has 0 aromatic rings. The molecular weight excluding hydrogens is 204 g/mol. The molecule has 0 unspecified atom stereocenters. The van der Waals surface area contributed by atoms with E-state index in [-0.39, 0.29) is 6.15 Å². The molecule has 0 radical (unpaired) electrons. The summed E-state index contributed by atoms with van der Waals surface area (Å²) in [4.78, 5) is 3.18. The van der Waals surface area contributed by atoms with Crippen LogP contribution in [0.5, 0.6) is 0 Å². The van der Waals surface area contributed by atoms with Gasteiger partial charge in [-0.1, -0.05) is 6.04 Å². The molecule has 7 heteroatoms. The smallest absolute Gasteiger partial charge is 0.364 e. The minimum Gasteiger partial charge on any atom is -0.364 e. The molecule has 0 spiro atoms. The van der Waals surface area contributed by atoms with Crippen molar-refractivity contribution in [2.75, 3.05) is 27.9 Å². The van der Waals surface area contributed by atoms with Crippen molar-refractivity contribution < 1.29 is 13.3 Å². The molecule has 4 N–H and O–H groups in total. The first-order chi connectivity index (χ1) is 5.74. The molecule has 0 saturated carbocycles. The van der Waals surface area contributed by atoms with E-state index in [1.165, 1.54) is 16.3 Å². The van der Waals surface area contributed by atoms with E-state index in [4.69, 9.17) is 13.3 Å². The number of hydrogen-bond donors (Lipinski definition) is 2. The number of rotatable bonds is 7. The maximum atomic E-state index is 5.18. The van der Waals surface area contributed by atoms with Crippen molar-refractivity contribution in [3.8, 4) is 0 Å². The van der Waals surface area contributed by atoms with Crippen LogP contribution >= 0.6 is 0 Å². The summed E-state index contributed by atoms with van der Waals surface area (Å²) in [6, 6.07) is 1.29. The van der Waals surface area contributed by atoms with Gasteiger partial charge in [-0.15, -0.1) is 0 Å². The van der Waals surface area contributed by atoms with Gasteiger partial charge in [-0.25, -0.2) is 0 Å². The van der Waals surface area contributed by atoms with Crippen LogP contribution in [0.1, 0.15) is 6.42 Å². The Labute approximate surface area is 84.6 Å². The minimum atomic E-state index is -2.49. The minimum absolute atomic E-state index is 0. The second kappa shape index (κ2) is 8.82. The molecule has 0 aliphatic carbocycles. The zero-order valence-electron chi connectivity index (χ0n) is 9.05. The monoisotopic (exact) mass is 226 g/mol. The number of nitrogens with one attached hydrogen (secondary N) is 1. The van der Waals surface area contributed by atoms with Crippen molar-refractivity contribution >= 4 is 19.2 Å². The molecule has 5 nitrogen and oxygen atoms in total. The van der Waals surface area contributed by atoms with Crippen molar-refractivity contribution in [2.24, 2.45) is 0 Å². The van der Waals surface area contributed by atoms with Crippen LogP contribution in [0.25, 0.3) is 0 Å². The van der Waals surface area contributed by atoms with Gasteiger partial charge < -0.3 is 19.4 Å². The lowest BCUT2D eigenvalue weighted by Gasteiger charge is -2.24. The highest BCUT2D eigenvalue weighted by Gasteiger charge is 2.38. The van der Waals surface area contributed by atoms with Crippen molar-refractivity contribution in [3.05, 3.63) is 0 Å². The third-order valence-electron chi connectivity index (χ3n) is 1.68. The van der Waals surface area contributed by atoms with Crippen molar-refractivity contribution in [3.63, 3.8) is 0 Å². The molecule has 13 heavy (non-hydrogen) atoms. The van der Waals surface area contributed by atoms with E-state index >= 15 is 0 Å². The molecule has 0 bridgehead atoms. The molecule has 0 atom stereocenters. The van der Waals surface area contributed by atoms with Gasteiger partial charge in [-0.05, 0) is 13.0 Å². The molecule has 0 aliphatic heterocycles. The summed E-state index contributed by atoms with van der Waals surface area (Å²) in [5, 5.41) is 0. The molecular formula is C6H22N2O3Si2. The van der Waals surface area contributed by atoms with Crippen LogP contribution in [0.3, 0.4) is 0 Å². The number of hydrogen-bond acceptors (Lipinski definition) is 5. The van der Waals surface area contributed by atoms with Gasteiger partial charge in [-0.2, -0.15) is 0 Å². The van der Waals surface area contributed by atoms with E-state index in [0.29, 0.717) is 0 Å². The van der Waals surface area contributed by atoms with E-state index in [9.17, 15) is 0 Å². The highest BCUT2D eigenvalue weighted by atomic mass is 28.4. The van der Waals surface area contributed by atoms with Gasteiger partial charge in [-0.3, -0.25) is 4.98 Å². The Morgan fingerprint density at radius 2 is 1.62 bits per heavy atom. The van der Waals surface area contributed by atoms with Crippen LogP contribution in [-0.4, -0.2) is 47.1 Å². The van der Waals surface area contributed by atoms with Gasteiger partial charge in [0.05, 0.1) is 0 Å². The third kappa shape index (κ3) is 5.52. The van der Waals surface area contributed by atoms with E-state index in [2.05, 4.69) is 4.98 Å². The molecule has 0 aromatic heterocycles. The van der Waals surface area contributed by atoms with Crippen molar-refractivity contribution in [1.29, 1.82) is 0 Å². The van der Waals surface area contributed by atoms with E-state index in [1.807, 2.05) is 0 Å². The zero-order valence-corrected chi connectivity index (χ0v) is 12.1. The lowest BCUT2D eigenvalue weighted by Crippen LogP contribution is -2.57. The summed E-state index contributed by atoms with van der Waals surface area (Å²) < 4.78 is 15.5. The Bertz CT molecular complexity index is 106. The van der Waals surface area contributed by atoms with Crippen LogP contribution in [-0.2, 0) is 13.3 Å². The van der Waals surface area contributed by atoms with Crippen LogP contribution in [0.2, 0.25) is 6.04 Å². The normalized spacial score (nSPS) is 11.3. The molecule has 0 fully saturated rings. The van der Waals surface area contributed by atoms with Crippen LogP contribution in [0.15, 0.2) is 0 Å². The Morgan fingerprint density at radius 3 is 1.92 bits per heavy atom. The summed E-state index contributed by atoms with van der Waals surface area (Å²) in [5.74, 6) is 0. The average molecular weight is 226 g/mol. The second-order valence-electron chi connectivity index (χ2n) is 2.45. The second-order valence-corrected chi connectivity index (χ2v) is 6.14. The van der Waals surface area contributed by atoms with Gasteiger partial charge in [0.1, 0.15) is 0 Å². The highest BCUT2D eigenvalue weighted by molar-refractivity contribution is 6.57. The van der Waals surface area contributed by atoms with E-state index in [0.717, 1.165) is 13.0 Å². The maximum Gasteiger partial charge on any atom is 0.595 e. The summed E-state index contributed by atoms with van der Waals surface area (Å²) in [5.41, 5.74) is 0. The molecule has 0 amide bonds. The molecule has 0 rings (SSSR count). The molecule has 0 aliphatic rings. The van der Waals surface area contributed by atoms with E-state index < -0.39 is 8.97 Å². The topological polar surface area (TPSA) is 74.7 Å². The predicted molar refractivity (Wildman–Crippen MR) is 59.2 cm³/mol. The highest BCUT2D eigenvalue weighted by Crippen LogP contribution is 2.00. The zero-order chi connectivity index (χ0) is 9.45. The fraction of sp³-hybridized carbons (Fsp3) is 1.00. The largest absolute Gasteiger partial charge is 0.595 e. The lowest BCUT2D eigenvalue weighted by molar-refractivity contribution is 0.110. The van der Waals surface area contributed by atoms with Crippen LogP contribution < -0.4 is 11.1 Å². The fourth-order valence-electron chi connectivity index (χ4n) is 0.885. The summed E-state index contributed by atoms with van der Waals surface area (Å²) in [6.07, 6.45) is 1.16. The standard InChI is InChI=1S/C6H19NO3Si2.H3N/c1-8-12(9-2,10-3)7-5-4-6-11;/h7H,4-6H2,1-3,11H3;1H3. The van der Waals surface area contributed by atoms with Gasteiger partial charge in [0.25, 0.3) is 0 Å². The van der Waals surface area contributed by atoms with Crippen LogP contribution in [0, 0.1) is 0 Å². The third-order valence-corrected chi connectivity index (χ3v) is 4.68. The van der Waals surface area contributed by atoms with Crippen molar-refractivity contribution in [2.45, 2.75) is 12.5 Å². The van der Waals surface area contributed by atoms with E-state index in [1.54, 1.807) is 21.3 Å². The molecule has 82 valence electrons.